The number of benzene rings is 2. The second kappa shape index (κ2) is 4.91. The van der Waals surface area contributed by atoms with E-state index in [-0.39, 0.29) is 27.0 Å². The molecule has 8 heteroatoms. The van der Waals surface area contributed by atoms with Crippen molar-refractivity contribution >= 4 is 9.84 Å². The summed E-state index contributed by atoms with van der Waals surface area (Å²) in [6.07, 6.45) is -4.48. The van der Waals surface area contributed by atoms with Crippen LogP contribution in [0.4, 0.5) is 13.2 Å². The van der Waals surface area contributed by atoms with Crippen molar-refractivity contribution in [2.24, 2.45) is 0 Å². The summed E-state index contributed by atoms with van der Waals surface area (Å²) >= 11 is 0. The zero-order valence-corrected chi connectivity index (χ0v) is 11.7. The monoisotopic (exact) mass is 330 g/mol. The van der Waals surface area contributed by atoms with Gasteiger partial charge in [-0.2, -0.15) is 13.2 Å². The van der Waals surface area contributed by atoms with Crippen LogP contribution in [0, 0.1) is 0 Å². The number of hydrogen-bond donors (Lipinski definition) is 0. The summed E-state index contributed by atoms with van der Waals surface area (Å²) in [5, 5.41) is 0. The van der Waals surface area contributed by atoms with Gasteiger partial charge in [-0.05, 0) is 24.3 Å². The van der Waals surface area contributed by atoms with E-state index < -0.39 is 22.6 Å². The Labute approximate surface area is 124 Å². The Balaban J connectivity index is 1.99. The molecule has 0 saturated heterocycles. The molecule has 0 spiro atoms. The lowest BCUT2D eigenvalue weighted by Gasteiger charge is -2.20. The van der Waals surface area contributed by atoms with Crippen molar-refractivity contribution in [3.05, 3.63) is 42.5 Å². The van der Waals surface area contributed by atoms with Crippen LogP contribution in [0.2, 0.25) is 0 Å². The second-order valence-electron chi connectivity index (χ2n) is 4.56. The van der Waals surface area contributed by atoms with Crippen molar-refractivity contribution in [3.8, 4) is 17.2 Å². The molecule has 0 bridgehead atoms. The number of fused-ring (bicyclic) bond motifs is 2. The van der Waals surface area contributed by atoms with Crippen molar-refractivity contribution in [1.29, 1.82) is 0 Å². The molecule has 0 N–H and O–H groups in total. The number of para-hydroxylation sites is 1. The third kappa shape index (κ3) is 2.61. The van der Waals surface area contributed by atoms with E-state index in [0.29, 0.717) is 0 Å². The Morgan fingerprint density at radius 3 is 2.41 bits per heavy atom. The van der Waals surface area contributed by atoms with Crippen LogP contribution in [0.25, 0.3) is 0 Å². The second-order valence-corrected chi connectivity index (χ2v) is 6.45. The summed E-state index contributed by atoms with van der Waals surface area (Å²) in [6.45, 7) is -1.46. The SMILES string of the molecule is O=S1(=O)c2ccccc2Oc2cc(OCC(F)(F)F)ccc21. The molecule has 116 valence electrons. The molecule has 22 heavy (non-hydrogen) atoms. The first-order valence-electron chi connectivity index (χ1n) is 6.13. The maximum atomic E-state index is 12.4. The third-order valence-corrected chi connectivity index (χ3v) is 4.80. The van der Waals surface area contributed by atoms with Crippen molar-refractivity contribution in [2.45, 2.75) is 16.0 Å². The van der Waals surface area contributed by atoms with Crippen LogP contribution in [-0.4, -0.2) is 21.2 Å². The van der Waals surface area contributed by atoms with E-state index in [1.165, 1.54) is 24.3 Å². The molecule has 1 heterocycles. The molecule has 4 nitrogen and oxygen atoms in total. The number of halogens is 3. The topological polar surface area (TPSA) is 52.6 Å². The van der Waals surface area contributed by atoms with Gasteiger partial charge < -0.3 is 9.47 Å². The van der Waals surface area contributed by atoms with E-state index in [4.69, 9.17) is 4.74 Å². The van der Waals surface area contributed by atoms with Crippen LogP contribution >= 0.6 is 0 Å². The Kier molecular flexibility index (Phi) is 3.28. The molecule has 1 aliphatic rings. The van der Waals surface area contributed by atoms with Gasteiger partial charge in [-0.25, -0.2) is 8.42 Å². The van der Waals surface area contributed by atoms with Gasteiger partial charge in [0.1, 0.15) is 27.0 Å². The van der Waals surface area contributed by atoms with Crippen LogP contribution in [0.15, 0.2) is 52.3 Å². The van der Waals surface area contributed by atoms with E-state index >= 15 is 0 Å². The predicted octanol–water partition coefficient (Wildman–Crippen LogP) is 3.57. The van der Waals surface area contributed by atoms with Gasteiger partial charge in [-0.15, -0.1) is 0 Å². The van der Waals surface area contributed by atoms with Gasteiger partial charge in [0.05, 0.1) is 0 Å². The molecular weight excluding hydrogens is 321 g/mol. The highest BCUT2D eigenvalue weighted by molar-refractivity contribution is 7.91. The molecule has 0 aliphatic carbocycles. The quantitative estimate of drug-likeness (QED) is 0.721. The minimum Gasteiger partial charge on any atom is -0.484 e. The number of hydrogen-bond acceptors (Lipinski definition) is 4. The maximum Gasteiger partial charge on any atom is 0.422 e. The summed E-state index contributed by atoms with van der Waals surface area (Å²) in [5.74, 6) is -0.0491. The van der Waals surface area contributed by atoms with E-state index in [9.17, 15) is 21.6 Å². The van der Waals surface area contributed by atoms with Gasteiger partial charge in [0.2, 0.25) is 9.84 Å². The van der Waals surface area contributed by atoms with E-state index in [2.05, 4.69) is 4.74 Å². The fraction of sp³-hybridized carbons (Fsp3) is 0.143. The van der Waals surface area contributed by atoms with E-state index in [1.807, 2.05) is 0 Å². The average molecular weight is 330 g/mol. The van der Waals surface area contributed by atoms with E-state index in [0.717, 1.165) is 6.07 Å². The van der Waals surface area contributed by atoms with Gasteiger partial charge in [0, 0.05) is 6.07 Å². The van der Waals surface area contributed by atoms with Crippen molar-refractivity contribution in [1.82, 2.24) is 0 Å². The minimum absolute atomic E-state index is 0.0199. The first-order chi connectivity index (χ1) is 10.3. The summed E-state index contributed by atoms with van der Waals surface area (Å²) in [4.78, 5) is -0.0861. The highest BCUT2D eigenvalue weighted by atomic mass is 32.2. The lowest BCUT2D eigenvalue weighted by Crippen LogP contribution is -2.19. The molecular formula is C14H9F3O4S. The highest BCUT2D eigenvalue weighted by Crippen LogP contribution is 2.43. The normalized spacial score (nSPS) is 15.4. The smallest absolute Gasteiger partial charge is 0.422 e. The number of rotatable bonds is 2. The summed E-state index contributed by atoms with van der Waals surface area (Å²) in [5.41, 5.74) is 0. The maximum absolute atomic E-state index is 12.4. The van der Waals surface area contributed by atoms with Gasteiger partial charge in [0.25, 0.3) is 0 Å². The average Bonchev–Trinajstić information content (AvgIpc) is 2.44. The van der Waals surface area contributed by atoms with Crippen LogP contribution in [0.5, 0.6) is 17.2 Å². The zero-order chi connectivity index (χ0) is 16.0. The minimum atomic E-state index is -4.48. The first kappa shape index (κ1) is 14.7. The Morgan fingerprint density at radius 1 is 1.00 bits per heavy atom. The summed E-state index contributed by atoms with van der Waals surface area (Å²) in [7, 11) is -3.76. The predicted molar refractivity (Wildman–Crippen MR) is 70.0 cm³/mol. The number of sulfone groups is 1. The van der Waals surface area contributed by atoms with Crippen LogP contribution < -0.4 is 9.47 Å². The van der Waals surface area contributed by atoms with Gasteiger partial charge >= 0.3 is 6.18 Å². The molecule has 0 saturated carbocycles. The summed E-state index contributed by atoms with van der Waals surface area (Å²) in [6, 6.07) is 9.51. The first-order valence-corrected chi connectivity index (χ1v) is 7.61. The van der Waals surface area contributed by atoms with Gasteiger partial charge in [-0.1, -0.05) is 12.1 Å². The standard InChI is InChI=1S/C14H9F3O4S/c15-14(16,17)8-20-9-5-6-13-11(7-9)21-10-3-1-2-4-12(10)22(13,18)19/h1-7H,8H2. The molecule has 2 aromatic rings. The van der Waals surface area contributed by atoms with Gasteiger partial charge in [-0.3, -0.25) is 0 Å². The highest BCUT2D eigenvalue weighted by Gasteiger charge is 2.32. The lowest BCUT2D eigenvalue weighted by atomic mass is 10.3. The molecule has 0 unspecified atom stereocenters. The van der Waals surface area contributed by atoms with Crippen LogP contribution in [0.1, 0.15) is 0 Å². The molecule has 0 fully saturated rings. The van der Waals surface area contributed by atoms with Crippen LogP contribution in [0.3, 0.4) is 0 Å². The Bertz CT molecular complexity index is 828. The molecule has 2 aromatic carbocycles. The zero-order valence-electron chi connectivity index (χ0n) is 10.9. The largest absolute Gasteiger partial charge is 0.484 e. The summed E-state index contributed by atoms with van der Waals surface area (Å²) < 4.78 is 71.3. The van der Waals surface area contributed by atoms with Crippen molar-refractivity contribution < 1.29 is 31.1 Å². The Morgan fingerprint density at radius 2 is 1.68 bits per heavy atom. The fourth-order valence-electron chi connectivity index (χ4n) is 2.04. The Hall–Kier alpha value is -2.22. The van der Waals surface area contributed by atoms with Crippen molar-refractivity contribution in [3.63, 3.8) is 0 Å². The van der Waals surface area contributed by atoms with Crippen LogP contribution in [-0.2, 0) is 9.84 Å². The van der Waals surface area contributed by atoms with E-state index in [1.54, 1.807) is 12.1 Å². The number of alkyl halides is 3. The molecule has 1 aliphatic heterocycles. The van der Waals surface area contributed by atoms with Gasteiger partial charge in [0.15, 0.2) is 6.61 Å². The number of ether oxygens (including phenoxy) is 2. The lowest BCUT2D eigenvalue weighted by molar-refractivity contribution is -0.153. The molecule has 3 rings (SSSR count). The third-order valence-electron chi connectivity index (χ3n) is 2.97. The molecule has 0 atom stereocenters. The molecule has 0 aromatic heterocycles. The molecule has 0 amide bonds. The molecule has 0 radical (unpaired) electrons. The fourth-order valence-corrected chi connectivity index (χ4v) is 3.52. The van der Waals surface area contributed by atoms with Crippen molar-refractivity contribution in [2.75, 3.05) is 6.61 Å².